The van der Waals surface area contributed by atoms with E-state index in [9.17, 15) is 4.79 Å². The molecule has 0 spiro atoms. The molecule has 112 valence electrons. The van der Waals surface area contributed by atoms with Crippen molar-refractivity contribution < 1.29 is 4.79 Å². The van der Waals surface area contributed by atoms with Gasteiger partial charge in [-0.3, -0.25) is 4.79 Å². The summed E-state index contributed by atoms with van der Waals surface area (Å²) in [6.45, 7) is 2.90. The van der Waals surface area contributed by atoms with Gasteiger partial charge in [0.05, 0.1) is 23.2 Å². The number of thioether (sulfide) groups is 1. The van der Waals surface area contributed by atoms with Crippen LogP contribution in [0.5, 0.6) is 0 Å². The quantitative estimate of drug-likeness (QED) is 0.518. The largest absolute Gasteiger partial charge is 0.326 e. The summed E-state index contributed by atoms with van der Waals surface area (Å²) >= 11 is 1.45. The minimum atomic E-state index is 0.0536. The van der Waals surface area contributed by atoms with Gasteiger partial charge in [-0.2, -0.15) is 5.10 Å². The SMILES string of the molecule is CCn1ccnc1SCC(=O)c1cnn(-c2ccccc2)c1. The van der Waals surface area contributed by atoms with E-state index in [2.05, 4.69) is 17.0 Å². The molecule has 0 amide bonds. The van der Waals surface area contributed by atoms with Crippen molar-refractivity contribution in [2.45, 2.75) is 18.6 Å². The highest BCUT2D eigenvalue weighted by Gasteiger charge is 2.12. The molecule has 0 aliphatic rings. The predicted octanol–water partition coefficient (Wildman–Crippen LogP) is 3.06. The molecule has 0 fully saturated rings. The van der Waals surface area contributed by atoms with Crippen LogP contribution in [0.1, 0.15) is 17.3 Å². The number of ketones is 1. The summed E-state index contributed by atoms with van der Waals surface area (Å²) < 4.78 is 3.73. The van der Waals surface area contributed by atoms with Crippen LogP contribution in [0.25, 0.3) is 5.69 Å². The molecule has 1 aromatic carbocycles. The lowest BCUT2D eigenvalue weighted by molar-refractivity contribution is 0.102. The number of nitrogens with zero attached hydrogens (tertiary/aromatic N) is 4. The number of hydrogen-bond donors (Lipinski definition) is 0. The van der Waals surface area contributed by atoms with E-state index in [1.165, 1.54) is 11.8 Å². The Morgan fingerprint density at radius 3 is 2.86 bits per heavy atom. The maximum Gasteiger partial charge on any atom is 0.176 e. The molecule has 0 saturated carbocycles. The number of benzene rings is 1. The number of carbonyl (C=O) groups is 1. The molecule has 0 saturated heterocycles. The fourth-order valence-electron chi connectivity index (χ4n) is 2.08. The van der Waals surface area contributed by atoms with Crippen LogP contribution in [0.2, 0.25) is 0 Å². The van der Waals surface area contributed by atoms with Crippen molar-refractivity contribution in [1.29, 1.82) is 0 Å². The first-order valence-corrected chi connectivity index (χ1v) is 8.03. The number of carbonyl (C=O) groups excluding carboxylic acids is 1. The van der Waals surface area contributed by atoms with Crippen LogP contribution in [0.4, 0.5) is 0 Å². The van der Waals surface area contributed by atoms with Gasteiger partial charge in [-0.25, -0.2) is 9.67 Å². The van der Waals surface area contributed by atoms with Crippen molar-refractivity contribution >= 4 is 17.5 Å². The molecule has 0 radical (unpaired) electrons. The van der Waals surface area contributed by atoms with Gasteiger partial charge >= 0.3 is 0 Å². The van der Waals surface area contributed by atoms with Gasteiger partial charge in [-0.1, -0.05) is 30.0 Å². The summed E-state index contributed by atoms with van der Waals surface area (Å²) in [5.74, 6) is 0.412. The number of aryl methyl sites for hydroxylation is 1. The van der Waals surface area contributed by atoms with Gasteiger partial charge in [0.1, 0.15) is 0 Å². The average Bonchev–Trinajstić information content (AvgIpc) is 3.22. The highest BCUT2D eigenvalue weighted by atomic mass is 32.2. The second-order valence-corrected chi connectivity index (χ2v) is 5.66. The molecule has 0 aliphatic heterocycles. The van der Waals surface area contributed by atoms with Crippen LogP contribution in [0.3, 0.4) is 0 Å². The lowest BCUT2D eigenvalue weighted by Crippen LogP contribution is -2.03. The molecule has 5 nitrogen and oxygen atoms in total. The minimum absolute atomic E-state index is 0.0536. The van der Waals surface area contributed by atoms with Gasteiger partial charge < -0.3 is 4.57 Å². The van der Waals surface area contributed by atoms with E-state index in [-0.39, 0.29) is 5.78 Å². The summed E-state index contributed by atoms with van der Waals surface area (Å²) in [5, 5.41) is 5.12. The zero-order chi connectivity index (χ0) is 15.4. The van der Waals surface area contributed by atoms with Crippen molar-refractivity contribution in [2.24, 2.45) is 0 Å². The summed E-state index contributed by atoms with van der Waals surface area (Å²) in [4.78, 5) is 16.5. The standard InChI is InChI=1S/C16H16N4OS/c1-2-19-9-8-17-16(19)22-12-15(21)13-10-18-20(11-13)14-6-4-3-5-7-14/h3-11H,2,12H2,1H3. The van der Waals surface area contributed by atoms with E-state index in [0.717, 1.165) is 17.4 Å². The molecular weight excluding hydrogens is 296 g/mol. The van der Waals surface area contributed by atoms with Crippen molar-refractivity contribution in [1.82, 2.24) is 19.3 Å². The van der Waals surface area contributed by atoms with Crippen molar-refractivity contribution in [3.63, 3.8) is 0 Å². The zero-order valence-electron chi connectivity index (χ0n) is 12.2. The molecule has 3 rings (SSSR count). The topological polar surface area (TPSA) is 52.7 Å². The van der Waals surface area contributed by atoms with E-state index >= 15 is 0 Å². The van der Waals surface area contributed by atoms with Crippen LogP contribution < -0.4 is 0 Å². The van der Waals surface area contributed by atoms with Gasteiger partial charge in [0.2, 0.25) is 0 Å². The van der Waals surface area contributed by atoms with Crippen LogP contribution in [0.15, 0.2) is 60.3 Å². The fraction of sp³-hybridized carbons (Fsp3) is 0.188. The number of hydrogen-bond acceptors (Lipinski definition) is 4. The lowest BCUT2D eigenvalue weighted by Gasteiger charge is -2.02. The van der Waals surface area contributed by atoms with Crippen molar-refractivity contribution in [3.05, 3.63) is 60.7 Å². The zero-order valence-corrected chi connectivity index (χ0v) is 13.0. The Balaban J connectivity index is 1.67. The van der Waals surface area contributed by atoms with Crippen LogP contribution in [-0.4, -0.2) is 30.9 Å². The predicted molar refractivity (Wildman–Crippen MR) is 86.5 cm³/mol. The second kappa shape index (κ2) is 6.62. The maximum absolute atomic E-state index is 12.3. The molecule has 0 unspecified atom stereocenters. The maximum atomic E-state index is 12.3. The third-order valence-electron chi connectivity index (χ3n) is 3.28. The molecular formula is C16H16N4OS. The summed E-state index contributed by atoms with van der Waals surface area (Å²) in [5.41, 5.74) is 1.56. The molecule has 0 aliphatic carbocycles. The third kappa shape index (κ3) is 3.12. The first-order valence-electron chi connectivity index (χ1n) is 7.05. The van der Waals surface area contributed by atoms with Crippen LogP contribution >= 0.6 is 11.8 Å². The average molecular weight is 312 g/mol. The number of imidazole rings is 1. The molecule has 3 aromatic rings. The summed E-state index contributed by atoms with van der Waals surface area (Å²) in [7, 11) is 0. The number of aromatic nitrogens is 4. The fourth-order valence-corrected chi connectivity index (χ4v) is 3.00. The Labute approximate surface area is 133 Å². The van der Waals surface area contributed by atoms with Gasteiger partial charge in [0.15, 0.2) is 10.9 Å². The van der Waals surface area contributed by atoms with E-state index in [0.29, 0.717) is 11.3 Å². The molecule has 2 aromatic heterocycles. The van der Waals surface area contributed by atoms with E-state index in [1.54, 1.807) is 23.3 Å². The number of para-hydroxylation sites is 1. The second-order valence-electron chi connectivity index (χ2n) is 4.72. The van der Waals surface area contributed by atoms with E-state index in [1.807, 2.05) is 41.1 Å². The molecule has 0 atom stereocenters. The molecule has 0 N–H and O–H groups in total. The van der Waals surface area contributed by atoms with Crippen LogP contribution in [-0.2, 0) is 6.54 Å². The molecule has 6 heteroatoms. The highest BCUT2D eigenvalue weighted by Crippen LogP contribution is 2.18. The van der Waals surface area contributed by atoms with Gasteiger partial charge in [0.25, 0.3) is 0 Å². The first-order chi connectivity index (χ1) is 10.8. The third-order valence-corrected chi connectivity index (χ3v) is 4.28. The minimum Gasteiger partial charge on any atom is -0.326 e. The summed E-state index contributed by atoms with van der Waals surface area (Å²) in [6, 6.07) is 9.74. The Morgan fingerprint density at radius 2 is 2.09 bits per heavy atom. The number of rotatable bonds is 6. The molecule has 2 heterocycles. The van der Waals surface area contributed by atoms with Gasteiger partial charge in [-0.05, 0) is 19.1 Å². The van der Waals surface area contributed by atoms with Crippen molar-refractivity contribution in [3.8, 4) is 5.69 Å². The Kier molecular flexibility index (Phi) is 4.39. The monoisotopic (exact) mass is 312 g/mol. The van der Waals surface area contributed by atoms with E-state index < -0.39 is 0 Å². The molecule has 0 bridgehead atoms. The normalized spacial score (nSPS) is 10.8. The summed E-state index contributed by atoms with van der Waals surface area (Å²) in [6.07, 6.45) is 7.05. The van der Waals surface area contributed by atoms with E-state index in [4.69, 9.17) is 0 Å². The molecule has 22 heavy (non-hydrogen) atoms. The first kappa shape index (κ1) is 14.6. The van der Waals surface area contributed by atoms with Crippen LogP contribution in [0, 0.1) is 0 Å². The number of Topliss-reactive ketones (excluding diaryl/α,β-unsaturated/α-hetero) is 1. The van der Waals surface area contributed by atoms with Gasteiger partial charge in [0, 0.05) is 25.1 Å². The van der Waals surface area contributed by atoms with Crippen molar-refractivity contribution in [2.75, 3.05) is 5.75 Å². The lowest BCUT2D eigenvalue weighted by atomic mass is 10.2. The Bertz CT molecular complexity index is 763. The van der Waals surface area contributed by atoms with Gasteiger partial charge in [-0.15, -0.1) is 0 Å². The smallest absolute Gasteiger partial charge is 0.176 e. The Hall–Kier alpha value is -2.34. The highest BCUT2D eigenvalue weighted by molar-refractivity contribution is 7.99. The Morgan fingerprint density at radius 1 is 1.27 bits per heavy atom.